The summed E-state index contributed by atoms with van der Waals surface area (Å²) in [6, 6.07) is 0. The van der Waals surface area contributed by atoms with Gasteiger partial charge in [-0.2, -0.15) is 0 Å². The summed E-state index contributed by atoms with van der Waals surface area (Å²) in [5.74, 6) is 0.687. The van der Waals surface area contributed by atoms with Crippen molar-refractivity contribution in [2.75, 3.05) is 26.4 Å². The fourth-order valence-corrected chi connectivity index (χ4v) is 3.11. The molecule has 0 bridgehead atoms. The Bertz CT molecular complexity index is 292. The quantitative estimate of drug-likeness (QED) is 0.360. The second-order valence-corrected chi connectivity index (χ2v) is 7.86. The zero-order chi connectivity index (χ0) is 19.6. The van der Waals surface area contributed by atoms with E-state index in [2.05, 4.69) is 27.7 Å². The third kappa shape index (κ3) is 18.6. The van der Waals surface area contributed by atoms with Crippen LogP contribution in [0.3, 0.4) is 0 Å². The summed E-state index contributed by atoms with van der Waals surface area (Å²) >= 11 is 0. The zero-order valence-electron chi connectivity index (χ0n) is 16.8. The Morgan fingerprint density at radius 1 is 0.920 bits per heavy atom. The first kappa shape index (κ1) is 27.3. The average Bonchev–Trinajstić information content (AvgIpc) is 2.62. The first-order chi connectivity index (χ1) is 11.9. The van der Waals surface area contributed by atoms with Crippen molar-refractivity contribution in [3.63, 3.8) is 0 Å². The van der Waals surface area contributed by atoms with Gasteiger partial charge in [-0.05, 0) is 24.7 Å². The largest absolute Gasteiger partial charge is 0.472 e. The predicted octanol–water partition coefficient (Wildman–Crippen LogP) is 4.49. The molecule has 0 rings (SSSR count). The molecule has 2 unspecified atom stereocenters. The smallest absolute Gasteiger partial charge is 0.395 e. The molecular formula is C18H42NO5P. The highest BCUT2D eigenvalue weighted by Crippen LogP contribution is 2.44. The molecule has 25 heavy (non-hydrogen) atoms. The summed E-state index contributed by atoms with van der Waals surface area (Å²) in [5, 5.41) is 7.75. The Labute approximate surface area is 155 Å². The molecule has 6 nitrogen and oxygen atoms in total. The van der Waals surface area contributed by atoms with Crippen molar-refractivity contribution >= 4 is 7.82 Å². The Hall–Kier alpha value is 0.0300. The third-order valence-corrected chi connectivity index (χ3v) is 5.11. The van der Waals surface area contributed by atoms with Gasteiger partial charge in [0.05, 0.1) is 19.8 Å². The van der Waals surface area contributed by atoms with Gasteiger partial charge in [-0.1, -0.05) is 66.2 Å². The Kier molecular flexibility index (Phi) is 20.5. The number of nitrogens with two attached hydrogens (primary N) is 1. The molecule has 0 aromatic rings. The van der Waals surface area contributed by atoms with Crippen LogP contribution in [0, 0.1) is 11.8 Å². The van der Waals surface area contributed by atoms with Crippen LogP contribution < -0.4 is 5.73 Å². The minimum Gasteiger partial charge on any atom is -0.395 e. The van der Waals surface area contributed by atoms with Crippen LogP contribution in [-0.2, 0) is 13.6 Å². The van der Waals surface area contributed by atoms with E-state index in [0.717, 1.165) is 51.4 Å². The van der Waals surface area contributed by atoms with E-state index in [1.807, 2.05) is 0 Å². The summed E-state index contributed by atoms with van der Waals surface area (Å²) in [5.41, 5.74) is 4.78. The molecule has 0 fully saturated rings. The summed E-state index contributed by atoms with van der Waals surface area (Å²) < 4.78 is 22.2. The van der Waals surface area contributed by atoms with E-state index in [0.29, 0.717) is 31.6 Å². The Morgan fingerprint density at radius 3 is 1.52 bits per heavy atom. The number of unbranched alkanes of at least 4 members (excludes halogenated alkanes) is 2. The average molecular weight is 384 g/mol. The van der Waals surface area contributed by atoms with Gasteiger partial charge in [-0.15, -0.1) is 0 Å². The molecule has 0 aliphatic carbocycles. The van der Waals surface area contributed by atoms with Crippen LogP contribution in [-0.4, -0.2) is 36.4 Å². The molecular weight excluding hydrogens is 341 g/mol. The van der Waals surface area contributed by atoms with E-state index in [4.69, 9.17) is 19.9 Å². The maximum atomic E-state index is 11.9. The van der Waals surface area contributed by atoms with Gasteiger partial charge in [0.2, 0.25) is 0 Å². The first-order valence-electron chi connectivity index (χ1n) is 9.83. The topological polar surface area (TPSA) is 102 Å². The predicted molar refractivity (Wildman–Crippen MR) is 104 cm³/mol. The lowest BCUT2D eigenvalue weighted by molar-refractivity contribution is 0.110. The molecule has 0 spiro atoms. The van der Waals surface area contributed by atoms with Gasteiger partial charge in [0.25, 0.3) is 0 Å². The number of hydrogen-bond donors (Lipinski definition) is 3. The van der Waals surface area contributed by atoms with Crippen LogP contribution in [0.25, 0.3) is 0 Å². The van der Waals surface area contributed by atoms with E-state index in [9.17, 15) is 9.46 Å². The zero-order valence-corrected chi connectivity index (χ0v) is 17.7. The summed E-state index contributed by atoms with van der Waals surface area (Å²) in [6.45, 7) is 9.57. The summed E-state index contributed by atoms with van der Waals surface area (Å²) in [6.07, 6.45) is 8.56. The van der Waals surface area contributed by atoms with Crippen LogP contribution in [0.4, 0.5) is 0 Å². The molecule has 0 radical (unpaired) electrons. The summed E-state index contributed by atoms with van der Waals surface area (Å²) in [7, 11) is -3.89. The van der Waals surface area contributed by atoms with E-state index >= 15 is 0 Å². The standard InChI is InChI=1S/C16H35O4P.C2H7NO/c1-5-9-11-15(7-3)13-19-21(17,18)20-14-16(8-4)12-10-6-2;3-1-2-4/h15-16H,5-14H2,1-4H3,(H,17,18);4H,1-3H2. The molecule has 0 aromatic carbocycles. The number of aliphatic hydroxyl groups excluding tert-OH is 1. The highest BCUT2D eigenvalue weighted by Gasteiger charge is 2.24. The molecule has 0 saturated heterocycles. The fraction of sp³-hybridized carbons (Fsp3) is 1.00. The Morgan fingerprint density at radius 2 is 1.28 bits per heavy atom. The first-order valence-corrected chi connectivity index (χ1v) is 11.3. The van der Waals surface area contributed by atoms with Crippen molar-refractivity contribution in [3.8, 4) is 0 Å². The molecule has 0 aliphatic rings. The SMILES string of the molecule is CCCCC(CC)COP(=O)(O)OCC(CC)CCCC.NCCO. The van der Waals surface area contributed by atoms with Crippen molar-refractivity contribution in [2.45, 2.75) is 79.1 Å². The van der Waals surface area contributed by atoms with Gasteiger partial charge in [0, 0.05) is 6.54 Å². The van der Waals surface area contributed by atoms with Crippen molar-refractivity contribution < 1.29 is 23.6 Å². The highest BCUT2D eigenvalue weighted by atomic mass is 31.2. The van der Waals surface area contributed by atoms with Gasteiger partial charge in [0.1, 0.15) is 0 Å². The fourth-order valence-electron chi connectivity index (χ4n) is 2.23. The normalized spacial score (nSPS) is 15.8. The summed E-state index contributed by atoms with van der Waals surface area (Å²) in [4.78, 5) is 9.77. The maximum absolute atomic E-state index is 11.9. The van der Waals surface area contributed by atoms with Gasteiger partial charge >= 0.3 is 7.82 Å². The second kappa shape index (κ2) is 18.8. The van der Waals surface area contributed by atoms with Gasteiger partial charge in [0.15, 0.2) is 0 Å². The lowest BCUT2D eigenvalue weighted by Crippen LogP contribution is -2.12. The van der Waals surface area contributed by atoms with Crippen LogP contribution >= 0.6 is 7.82 Å². The molecule has 0 aliphatic heterocycles. The number of hydrogen-bond acceptors (Lipinski definition) is 5. The van der Waals surface area contributed by atoms with Gasteiger partial charge in [-0.3, -0.25) is 9.05 Å². The molecule has 0 aromatic heterocycles. The van der Waals surface area contributed by atoms with Crippen molar-refractivity contribution in [1.82, 2.24) is 0 Å². The van der Waals surface area contributed by atoms with Crippen LogP contribution in [0.1, 0.15) is 79.1 Å². The maximum Gasteiger partial charge on any atom is 0.472 e. The van der Waals surface area contributed by atoms with Crippen LogP contribution in [0.15, 0.2) is 0 Å². The van der Waals surface area contributed by atoms with E-state index in [1.54, 1.807) is 0 Å². The molecule has 7 heteroatoms. The highest BCUT2D eigenvalue weighted by molar-refractivity contribution is 7.47. The second-order valence-electron chi connectivity index (χ2n) is 6.41. The molecule has 4 N–H and O–H groups in total. The number of aliphatic hydroxyl groups is 1. The van der Waals surface area contributed by atoms with Crippen LogP contribution in [0.5, 0.6) is 0 Å². The molecule has 0 saturated carbocycles. The molecule has 2 atom stereocenters. The third-order valence-electron chi connectivity index (χ3n) is 4.16. The minimum atomic E-state index is -3.89. The lowest BCUT2D eigenvalue weighted by atomic mass is 10.0. The van der Waals surface area contributed by atoms with E-state index in [1.165, 1.54) is 0 Å². The van der Waals surface area contributed by atoms with Crippen LogP contribution in [0.2, 0.25) is 0 Å². The number of phosphoric ester groups is 1. The van der Waals surface area contributed by atoms with Gasteiger partial charge < -0.3 is 15.7 Å². The monoisotopic (exact) mass is 383 g/mol. The van der Waals surface area contributed by atoms with E-state index in [-0.39, 0.29) is 6.61 Å². The Balaban J connectivity index is 0. The van der Waals surface area contributed by atoms with Crippen molar-refractivity contribution in [3.05, 3.63) is 0 Å². The number of phosphoric acid groups is 1. The van der Waals surface area contributed by atoms with Crippen molar-refractivity contribution in [1.29, 1.82) is 0 Å². The molecule has 0 heterocycles. The van der Waals surface area contributed by atoms with E-state index < -0.39 is 7.82 Å². The minimum absolute atomic E-state index is 0.0972. The lowest BCUT2D eigenvalue weighted by Gasteiger charge is -2.20. The van der Waals surface area contributed by atoms with Gasteiger partial charge in [-0.25, -0.2) is 4.57 Å². The van der Waals surface area contributed by atoms with Crippen molar-refractivity contribution in [2.24, 2.45) is 17.6 Å². The molecule has 0 amide bonds. The molecule has 154 valence electrons. The number of rotatable bonds is 15.